The zero-order valence-corrected chi connectivity index (χ0v) is 16.7. The number of nitro groups is 1. The van der Waals surface area contributed by atoms with Gasteiger partial charge < -0.3 is 0 Å². The van der Waals surface area contributed by atoms with Gasteiger partial charge in [0.05, 0.1) is 4.92 Å². The number of carbonyl (C=O) groups is 2. The Morgan fingerprint density at radius 1 is 1.03 bits per heavy atom. The maximum absolute atomic E-state index is 13.4. The first-order valence-electron chi connectivity index (χ1n) is 9.75. The molecule has 1 aliphatic heterocycles. The minimum Gasteiger partial charge on any atom is -0.294 e. The molecule has 0 aromatic heterocycles. The van der Waals surface area contributed by atoms with Crippen molar-refractivity contribution in [2.75, 3.05) is 4.90 Å². The summed E-state index contributed by atoms with van der Waals surface area (Å²) >= 11 is 0. The highest BCUT2D eigenvalue weighted by Gasteiger charge is 2.44. The van der Waals surface area contributed by atoms with Crippen LogP contribution in [0.5, 0.6) is 0 Å². The maximum atomic E-state index is 13.4. The van der Waals surface area contributed by atoms with Gasteiger partial charge in [-0.15, -0.1) is 0 Å². The molecule has 1 aliphatic carbocycles. The number of Topliss-reactive ketones (excluding diaryl/α,β-unsaturated/α-hetero) is 1. The lowest BCUT2D eigenvalue weighted by Gasteiger charge is -2.43. The van der Waals surface area contributed by atoms with Gasteiger partial charge in [0, 0.05) is 47.8 Å². The molecule has 0 bridgehead atoms. The maximum Gasteiger partial charge on any atom is 0.269 e. The molecule has 6 nitrogen and oxygen atoms in total. The van der Waals surface area contributed by atoms with Crippen LogP contribution >= 0.6 is 0 Å². The van der Waals surface area contributed by atoms with Gasteiger partial charge >= 0.3 is 0 Å². The largest absolute Gasteiger partial charge is 0.294 e. The second kappa shape index (κ2) is 7.16. The third-order valence-electron chi connectivity index (χ3n) is 5.73. The molecule has 0 saturated carbocycles. The second-order valence-corrected chi connectivity index (χ2v) is 8.61. The van der Waals surface area contributed by atoms with E-state index in [1.165, 1.54) is 41.3 Å². The van der Waals surface area contributed by atoms with E-state index < -0.39 is 10.8 Å². The summed E-state index contributed by atoms with van der Waals surface area (Å²) in [6.07, 6.45) is 0.966. The number of ketones is 1. The summed E-state index contributed by atoms with van der Waals surface area (Å²) in [7, 11) is 0. The molecule has 1 heterocycles. The number of amides is 1. The number of nitro benzene ring substituents is 1. The third-order valence-corrected chi connectivity index (χ3v) is 5.73. The average molecular weight is 408 g/mol. The fourth-order valence-electron chi connectivity index (χ4n) is 4.42. The van der Waals surface area contributed by atoms with Gasteiger partial charge in [-0.3, -0.25) is 24.6 Å². The lowest BCUT2D eigenvalue weighted by Crippen LogP contribution is -2.43. The minimum absolute atomic E-state index is 0.0185. The van der Waals surface area contributed by atoms with E-state index in [1.54, 1.807) is 12.1 Å². The van der Waals surface area contributed by atoms with Gasteiger partial charge in [-0.1, -0.05) is 26.0 Å². The predicted octanol–water partition coefficient (Wildman–Crippen LogP) is 4.90. The van der Waals surface area contributed by atoms with Crippen LogP contribution in [0, 0.1) is 21.3 Å². The van der Waals surface area contributed by atoms with Gasteiger partial charge in [-0.05, 0) is 41.7 Å². The Morgan fingerprint density at radius 3 is 2.27 bits per heavy atom. The fraction of sp³-hybridized carbons (Fsp3) is 0.304. The van der Waals surface area contributed by atoms with Crippen molar-refractivity contribution >= 4 is 23.1 Å². The van der Waals surface area contributed by atoms with Gasteiger partial charge in [0.15, 0.2) is 5.78 Å². The second-order valence-electron chi connectivity index (χ2n) is 8.61. The number of non-ortho nitro benzene ring substituents is 1. The molecule has 1 unspecified atom stereocenters. The highest BCUT2D eigenvalue weighted by molar-refractivity contribution is 6.07. The van der Waals surface area contributed by atoms with Gasteiger partial charge in [0.1, 0.15) is 5.82 Å². The number of hydrogen-bond donors (Lipinski definition) is 0. The minimum atomic E-state index is -0.496. The Hall–Kier alpha value is -3.35. The van der Waals surface area contributed by atoms with Crippen LogP contribution in [0.25, 0.3) is 0 Å². The van der Waals surface area contributed by atoms with E-state index >= 15 is 0 Å². The first-order chi connectivity index (χ1) is 14.2. The van der Waals surface area contributed by atoms with Crippen molar-refractivity contribution in [3.63, 3.8) is 0 Å². The third kappa shape index (κ3) is 3.51. The molecule has 30 heavy (non-hydrogen) atoms. The van der Waals surface area contributed by atoms with E-state index in [0.29, 0.717) is 29.8 Å². The van der Waals surface area contributed by atoms with Crippen LogP contribution in [-0.2, 0) is 9.59 Å². The van der Waals surface area contributed by atoms with E-state index in [9.17, 15) is 24.1 Å². The van der Waals surface area contributed by atoms with E-state index in [1.807, 2.05) is 13.8 Å². The number of anilines is 1. The predicted molar refractivity (Wildman–Crippen MR) is 109 cm³/mol. The van der Waals surface area contributed by atoms with Crippen molar-refractivity contribution < 1.29 is 18.9 Å². The molecule has 1 atom stereocenters. The number of carbonyl (C=O) groups excluding carboxylic acids is 2. The molecule has 7 heteroatoms. The van der Waals surface area contributed by atoms with Crippen molar-refractivity contribution in [3.8, 4) is 0 Å². The average Bonchev–Trinajstić information content (AvgIpc) is 2.67. The molecule has 4 rings (SSSR count). The summed E-state index contributed by atoms with van der Waals surface area (Å²) in [5.74, 6) is -1.01. The Morgan fingerprint density at radius 2 is 1.67 bits per heavy atom. The summed E-state index contributed by atoms with van der Waals surface area (Å²) in [5, 5.41) is 11.0. The highest BCUT2D eigenvalue weighted by Crippen LogP contribution is 2.48. The lowest BCUT2D eigenvalue weighted by molar-refractivity contribution is -0.384. The number of hydrogen-bond acceptors (Lipinski definition) is 4. The quantitative estimate of drug-likeness (QED) is 0.535. The Labute approximate surface area is 173 Å². The summed E-state index contributed by atoms with van der Waals surface area (Å²) < 4.78 is 13.4. The summed E-state index contributed by atoms with van der Waals surface area (Å²) in [6.45, 7) is 3.96. The summed E-state index contributed by atoms with van der Waals surface area (Å²) in [6, 6.07) is 11.7. The zero-order chi connectivity index (χ0) is 21.6. The van der Waals surface area contributed by atoms with Crippen molar-refractivity contribution in [3.05, 3.63) is 81.3 Å². The molecule has 0 N–H and O–H groups in total. The normalized spacial score (nSPS) is 20.9. The van der Waals surface area contributed by atoms with E-state index in [0.717, 1.165) is 5.56 Å². The van der Waals surface area contributed by atoms with Crippen molar-refractivity contribution in [2.45, 2.75) is 39.0 Å². The van der Waals surface area contributed by atoms with Crippen molar-refractivity contribution in [1.82, 2.24) is 0 Å². The van der Waals surface area contributed by atoms with Crippen LogP contribution in [0.3, 0.4) is 0 Å². The number of halogens is 1. The Kier molecular flexibility index (Phi) is 4.76. The smallest absolute Gasteiger partial charge is 0.269 e. The van der Waals surface area contributed by atoms with Crippen LogP contribution in [0.1, 0.15) is 44.6 Å². The number of benzene rings is 2. The van der Waals surface area contributed by atoms with E-state index in [2.05, 4.69) is 0 Å². The molecule has 2 aromatic carbocycles. The van der Waals surface area contributed by atoms with Gasteiger partial charge in [-0.2, -0.15) is 0 Å². The highest BCUT2D eigenvalue weighted by atomic mass is 19.1. The standard InChI is InChI=1S/C23H21FN2O4/c1-23(2)12-19-22(20(27)13-23)18(14-3-5-15(24)6-4-14)11-21(28)25(19)16-7-9-17(10-8-16)26(29)30/h3-10,18H,11-13H2,1-2H3. The molecule has 0 radical (unpaired) electrons. The number of rotatable bonds is 3. The molecule has 1 amide bonds. The van der Waals surface area contributed by atoms with Gasteiger partial charge in [-0.25, -0.2) is 4.39 Å². The summed E-state index contributed by atoms with van der Waals surface area (Å²) in [5.41, 5.74) is 2.06. The Bertz CT molecular complexity index is 1070. The van der Waals surface area contributed by atoms with Gasteiger partial charge in [0.2, 0.25) is 5.91 Å². The monoisotopic (exact) mass is 408 g/mol. The van der Waals surface area contributed by atoms with Crippen molar-refractivity contribution in [2.24, 2.45) is 5.41 Å². The first kappa shape index (κ1) is 19.9. The Balaban J connectivity index is 1.85. The zero-order valence-electron chi connectivity index (χ0n) is 16.7. The number of allylic oxidation sites excluding steroid dienone is 2. The molecule has 2 aliphatic rings. The summed E-state index contributed by atoms with van der Waals surface area (Å²) in [4.78, 5) is 38.4. The fourth-order valence-corrected chi connectivity index (χ4v) is 4.42. The molecule has 2 aromatic rings. The van der Waals surface area contributed by atoms with Crippen LogP contribution in [-0.4, -0.2) is 16.6 Å². The van der Waals surface area contributed by atoms with Gasteiger partial charge in [0.25, 0.3) is 5.69 Å². The SMILES string of the molecule is CC1(C)CC(=O)C2=C(C1)N(c1ccc([N+](=O)[O-])cc1)C(=O)CC2c1ccc(F)cc1. The van der Waals surface area contributed by atoms with Crippen molar-refractivity contribution in [1.29, 1.82) is 0 Å². The lowest BCUT2D eigenvalue weighted by atomic mass is 9.69. The molecular formula is C23H21FN2O4. The van der Waals surface area contributed by atoms with Crippen LogP contribution < -0.4 is 4.90 Å². The molecule has 0 fully saturated rings. The topological polar surface area (TPSA) is 80.5 Å². The van der Waals surface area contributed by atoms with E-state index in [4.69, 9.17) is 0 Å². The molecule has 154 valence electrons. The van der Waals surface area contributed by atoms with Crippen LogP contribution in [0.2, 0.25) is 0 Å². The number of nitrogens with zero attached hydrogens (tertiary/aromatic N) is 2. The first-order valence-corrected chi connectivity index (χ1v) is 9.75. The van der Waals surface area contributed by atoms with Crippen LogP contribution in [0.4, 0.5) is 15.8 Å². The molecule has 0 spiro atoms. The van der Waals surface area contributed by atoms with E-state index in [-0.39, 0.29) is 35.0 Å². The molecular weight excluding hydrogens is 387 g/mol. The van der Waals surface area contributed by atoms with Crippen LogP contribution in [0.15, 0.2) is 59.8 Å². The molecule has 0 saturated heterocycles.